The summed E-state index contributed by atoms with van der Waals surface area (Å²) in [5.41, 5.74) is 8.40. The number of nitrogens with zero attached hydrogens (tertiary/aromatic N) is 2. The molecule has 0 aliphatic carbocycles. The number of benzene rings is 1. The van der Waals surface area contributed by atoms with Gasteiger partial charge in [-0.2, -0.15) is 0 Å². The van der Waals surface area contributed by atoms with Crippen LogP contribution in [-0.2, 0) is 0 Å². The lowest BCUT2D eigenvalue weighted by Gasteiger charge is -2.09. The number of anilines is 1. The molecule has 2 rings (SSSR count). The minimum atomic E-state index is 0.648. The van der Waals surface area contributed by atoms with Crippen LogP contribution in [0.25, 0.3) is 11.3 Å². The topological polar surface area (TPSA) is 73.1 Å². The molecule has 0 atom stereocenters. The zero-order valence-corrected chi connectivity index (χ0v) is 13.3. The lowest BCUT2D eigenvalue weighted by molar-refractivity contribution is 0.317. The third kappa shape index (κ3) is 4.70. The van der Waals surface area contributed by atoms with Crippen LogP contribution in [0.2, 0.25) is 0 Å². The van der Waals surface area contributed by atoms with Gasteiger partial charge >= 0.3 is 0 Å². The molecule has 1 aromatic heterocycles. The Kier molecular flexibility index (Phi) is 6.15. The number of ether oxygens (including phenoxy) is 1. The van der Waals surface area contributed by atoms with Crippen LogP contribution in [0, 0.1) is 6.92 Å². The van der Waals surface area contributed by atoms with Crippen molar-refractivity contribution in [3.05, 3.63) is 36.0 Å². The van der Waals surface area contributed by atoms with Crippen molar-refractivity contribution in [1.82, 2.24) is 9.97 Å². The minimum absolute atomic E-state index is 0.648. The van der Waals surface area contributed by atoms with E-state index in [0.717, 1.165) is 48.7 Å². The fraction of sp³-hybridized carbons (Fsp3) is 0.412. The van der Waals surface area contributed by atoms with Crippen LogP contribution < -0.4 is 15.8 Å². The Morgan fingerprint density at radius 2 is 1.95 bits per heavy atom. The third-order valence-electron chi connectivity index (χ3n) is 3.14. The molecule has 0 saturated heterocycles. The Labute approximate surface area is 131 Å². The number of aryl methyl sites for hydroxylation is 1. The van der Waals surface area contributed by atoms with Crippen LogP contribution in [0.5, 0.6) is 5.75 Å². The third-order valence-corrected chi connectivity index (χ3v) is 3.14. The Morgan fingerprint density at radius 3 is 2.64 bits per heavy atom. The van der Waals surface area contributed by atoms with Crippen molar-refractivity contribution >= 4 is 5.95 Å². The molecule has 0 radical (unpaired) electrons. The van der Waals surface area contributed by atoms with Crippen LogP contribution in [0.1, 0.15) is 25.5 Å². The predicted molar refractivity (Wildman–Crippen MR) is 90.2 cm³/mol. The van der Waals surface area contributed by atoms with Crippen molar-refractivity contribution in [3.8, 4) is 17.0 Å². The van der Waals surface area contributed by atoms with E-state index in [4.69, 9.17) is 10.5 Å². The molecule has 0 saturated carbocycles. The van der Waals surface area contributed by atoms with E-state index in [9.17, 15) is 0 Å². The van der Waals surface area contributed by atoms with Crippen molar-refractivity contribution in [3.63, 3.8) is 0 Å². The van der Waals surface area contributed by atoms with Gasteiger partial charge in [-0.1, -0.05) is 6.92 Å². The predicted octanol–water partition coefficient (Wildman–Crippen LogP) is 3.00. The highest BCUT2D eigenvalue weighted by atomic mass is 16.5. The van der Waals surface area contributed by atoms with Gasteiger partial charge in [0.2, 0.25) is 5.95 Å². The van der Waals surface area contributed by atoms with E-state index in [1.165, 1.54) is 0 Å². The first-order valence-electron chi connectivity index (χ1n) is 7.75. The summed E-state index contributed by atoms with van der Waals surface area (Å²) in [5.74, 6) is 1.53. The number of aromatic nitrogens is 2. The molecule has 0 spiro atoms. The molecule has 22 heavy (non-hydrogen) atoms. The van der Waals surface area contributed by atoms with Gasteiger partial charge in [-0.3, -0.25) is 0 Å². The molecule has 5 nitrogen and oxygen atoms in total. The monoisotopic (exact) mass is 300 g/mol. The zero-order valence-electron chi connectivity index (χ0n) is 13.3. The van der Waals surface area contributed by atoms with Gasteiger partial charge in [0, 0.05) is 17.8 Å². The molecule has 1 aromatic carbocycles. The van der Waals surface area contributed by atoms with Gasteiger partial charge in [0.15, 0.2) is 0 Å². The Balaban J connectivity index is 2.13. The van der Waals surface area contributed by atoms with Gasteiger partial charge < -0.3 is 15.8 Å². The normalized spacial score (nSPS) is 10.5. The molecule has 0 aliphatic heterocycles. The smallest absolute Gasteiger partial charge is 0.223 e. The van der Waals surface area contributed by atoms with Crippen molar-refractivity contribution < 1.29 is 4.74 Å². The van der Waals surface area contributed by atoms with Gasteiger partial charge in [0.1, 0.15) is 5.75 Å². The molecule has 5 heteroatoms. The number of hydrogen-bond acceptors (Lipinski definition) is 5. The van der Waals surface area contributed by atoms with Gasteiger partial charge in [0.05, 0.1) is 12.3 Å². The first-order chi connectivity index (χ1) is 10.7. The summed E-state index contributed by atoms with van der Waals surface area (Å²) in [6.07, 6.45) is 1.90. The largest absolute Gasteiger partial charge is 0.494 e. The first kappa shape index (κ1) is 16.2. The molecule has 0 bridgehead atoms. The SMILES string of the molecule is CCCOc1ccc(-c2cc(C)nc(NCCCN)n2)cc1. The van der Waals surface area contributed by atoms with E-state index in [1.807, 2.05) is 37.3 Å². The van der Waals surface area contributed by atoms with Crippen LogP contribution in [0.4, 0.5) is 5.95 Å². The van der Waals surface area contributed by atoms with Crippen LogP contribution >= 0.6 is 0 Å². The number of hydrogen-bond donors (Lipinski definition) is 2. The second-order valence-corrected chi connectivity index (χ2v) is 5.16. The molecule has 0 unspecified atom stereocenters. The highest BCUT2D eigenvalue weighted by Crippen LogP contribution is 2.22. The number of nitrogens with one attached hydrogen (secondary N) is 1. The molecule has 2 aromatic rings. The molecule has 3 N–H and O–H groups in total. The highest BCUT2D eigenvalue weighted by Gasteiger charge is 2.05. The fourth-order valence-electron chi connectivity index (χ4n) is 2.04. The van der Waals surface area contributed by atoms with Crippen molar-refractivity contribution in [1.29, 1.82) is 0 Å². The molecule has 0 aliphatic rings. The standard InChI is InChI=1S/C17H24N4O/c1-3-11-22-15-7-5-14(6-8-15)16-12-13(2)20-17(21-16)19-10-4-9-18/h5-8,12H,3-4,9-11,18H2,1-2H3,(H,19,20,21). The average molecular weight is 300 g/mol. The summed E-state index contributed by atoms with van der Waals surface area (Å²) in [4.78, 5) is 8.97. The zero-order chi connectivity index (χ0) is 15.8. The molecule has 0 amide bonds. The van der Waals surface area contributed by atoms with Crippen molar-refractivity contribution in [2.75, 3.05) is 25.0 Å². The van der Waals surface area contributed by atoms with E-state index in [-0.39, 0.29) is 0 Å². The summed E-state index contributed by atoms with van der Waals surface area (Å²) in [6, 6.07) is 9.98. The second-order valence-electron chi connectivity index (χ2n) is 5.16. The van der Waals surface area contributed by atoms with Crippen LogP contribution in [0.3, 0.4) is 0 Å². The lowest BCUT2D eigenvalue weighted by Crippen LogP contribution is -2.11. The fourth-order valence-corrected chi connectivity index (χ4v) is 2.04. The minimum Gasteiger partial charge on any atom is -0.494 e. The molecular weight excluding hydrogens is 276 g/mol. The Hall–Kier alpha value is -2.14. The average Bonchev–Trinajstić information content (AvgIpc) is 2.53. The maximum atomic E-state index is 5.60. The van der Waals surface area contributed by atoms with E-state index in [0.29, 0.717) is 12.5 Å². The van der Waals surface area contributed by atoms with Gasteiger partial charge in [-0.05, 0) is 56.6 Å². The van der Waals surface area contributed by atoms with E-state index in [2.05, 4.69) is 22.2 Å². The van der Waals surface area contributed by atoms with E-state index >= 15 is 0 Å². The molecular formula is C17H24N4O. The molecule has 118 valence electrons. The van der Waals surface area contributed by atoms with Gasteiger partial charge in [-0.15, -0.1) is 0 Å². The molecule has 1 heterocycles. The summed E-state index contributed by atoms with van der Waals surface area (Å²) in [5, 5.41) is 3.21. The lowest BCUT2D eigenvalue weighted by atomic mass is 10.1. The first-order valence-corrected chi connectivity index (χ1v) is 7.75. The van der Waals surface area contributed by atoms with Crippen LogP contribution in [0.15, 0.2) is 30.3 Å². The van der Waals surface area contributed by atoms with Gasteiger partial charge in [-0.25, -0.2) is 9.97 Å². The highest BCUT2D eigenvalue weighted by molar-refractivity contribution is 5.61. The van der Waals surface area contributed by atoms with E-state index < -0.39 is 0 Å². The number of rotatable bonds is 8. The maximum Gasteiger partial charge on any atom is 0.223 e. The number of nitrogens with two attached hydrogens (primary N) is 1. The molecule has 0 fully saturated rings. The van der Waals surface area contributed by atoms with E-state index in [1.54, 1.807) is 0 Å². The Morgan fingerprint density at radius 1 is 1.18 bits per heavy atom. The summed E-state index contributed by atoms with van der Waals surface area (Å²) in [7, 11) is 0. The van der Waals surface area contributed by atoms with Crippen molar-refractivity contribution in [2.24, 2.45) is 5.73 Å². The quantitative estimate of drug-likeness (QED) is 0.733. The maximum absolute atomic E-state index is 5.60. The Bertz CT molecular complexity index is 584. The summed E-state index contributed by atoms with van der Waals surface area (Å²) < 4.78 is 5.60. The summed E-state index contributed by atoms with van der Waals surface area (Å²) in [6.45, 7) is 6.24. The van der Waals surface area contributed by atoms with Crippen molar-refractivity contribution in [2.45, 2.75) is 26.7 Å². The van der Waals surface area contributed by atoms with Crippen LogP contribution in [-0.4, -0.2) is 29.7 Å². The second kappa shape index (κ2) is 8.34. The summed E-state index contributed by atoms with van der Waals surface area (Å²) >= 11 is 0. The van der Waals surface area contributed by atoms with Gasteiger partial charge in [0.25, 0.3) is 0 Å².